The van der Waals surface area contributed by atoms with E-state index in [0.29, 0.717) is 28.2 Å². The number of hydrogen-bond acceptors (Lipinski definition) is 5. The molecule has 0 bridgehead atoms. The van der Waals surface area contributed by atoms with Gasteiger partial charge in [-0.15, -0.1) is 5.10 Å². The molecule has 3 aromatic rings. The number of ketones is 2. The van der Waals surface area contributed by atoms with Crippen molar-refractivity contribution in [3.8, 4) is 6.01 Å². The van der Waals surface area contributed by atoms with Gasteiger partial charge in [-0.3, -0.25) is 14.0 Å². The molecule has 0 radical (unpaired) electrons. The van der Waals surface area contributed by atoms with Gasteiger partial charge in [0.1, 0.15) is 0 Å². The number of aryl methyl sites for hydroxylation is 1. The molecule has 0 saturated heterocycles. The third-order valence-electron chi connectivity index (χ3n) is 3.68. The third-order valence-corrected chi connectivity index (χ3v) is 3.68. The summed E-state index contributed by atoms with van der Waals surface area (Å²) < 4.78 is 7.13. The van der Waals surface area contributed by atoms with Crippen LogP contribution in [0.2, 0.25) is 0 Å². The first kappa shape index (κ1) is 15.0. The monoisotopic (exact) mass is 312 g/mol. The summed E-state index contributed by atoms with van der Waals surface area (Å²) in [5, 5.41) is 7.86. The number of rotatable bonds is 5. The zero-order chi connectivity index (χ0) is 16.6. The van der Waals surface area contributed by atoms with E-state index < -0.39 is 0 Å². The van der Waals surface area contributed by atoms with Crippen LogP contribution in [0.3, 0.4) is 0 Å². The molecular formula is C16H16N4O3. The number of H-pyrrole nitrogens is 1. The van der Waals surface area contributed by atoms with Crippen molar-refractivity contribution in [1.29, 1.82) is 0 Å². The van der Waals surface area contributed by atoms with Gasteiger partial charge in [0.25, 0.3) is 0 Å². The zero-order valence-corrected chi connectivity index (χ0v) is 13.1. The average Bonchev–Trinajstić information content (AvgIpc) is 3.05. The van der Waals surface area contributed by atoms with Gasteiger partial charge in [0.15, 0.2) is 18.0 Å². The molecular weight excluding hydrogens is 296 g/mol. The van der Waals surface area contributed by atoms with E-state index in [1.54, 1.807) is 30.5 Å². The predicted molar refractivity (Wildman–Crippen MR) is 83.1 cm³/mol. The van der Waals surface area contributed by atoms with Gasteiger partial charge in [-0.05, 0) is 38.5 Å². The standard InChI is InChI=1S/C16H16N4O3/c1-9-14(11(3)21)10(2)17-15(9)12(22)8-23-16-19-18-13-6-4-5-7-20(13)16/h4-7,17H,8H2,1-3H3. The van der Waals surface area contributed by atoms with Crippen LogP contribution >= 0.6 is 0 Å². The number of nitrogens with one attached hydrogen (secondary N) is 1. The lowest BCUT2D eigenvalue weighted by molar-refractivity contribution is 0.0908. The lowest BCUT2D eigenvalue weighted by Crippen LogP contribution is -2.14. The number of fused-ring (bicyclic) bond motifs is 1. The molecule has 0 aliphatic rings. The molecule has 23 heavy (non-hydrogen) atoms. The SMILES string of the molecule is CC(=O)c1c(C)[nH]c(C(=O)COc2nnc3ccccn23)c1C. The van der Waals surface area contributed by atoms with Crippen LogP contribution in [-0.2, 0) is 0 Å². The number of hydrogen-bond donors (Lipinski definition) is 1. The quantitative estimate of drug-likeness (QED) is 0.729. The number of Topliss-reactive ketones (excluding diaryl/α,β-unsaturated/α-hetero) is 2. The maximum Gasteiger partial charge on any atom is 0.321 e. The Morgan fingerprint density at radius 1 is 1.26 bits per heavy atom. The molecule has 1 N–H and O–H groups in total. The van der Waals surface area contributed by atoms with Crippen molar-refractivity contribution in [1.82, 2.24) is 19.6 Å². The molecule has 0 aliphatic heterocycles. The molecule has 118 valence electrons. The fourth-order valence-corrected chi connectivity index (χ4v) is 2.68. The molecule has 0 aromatic carbocycles. The van der Waals surface area contributed by atoms with Crippen LogP contribution in [-0.4, -0.2) is 37.8 Å². The van der Waals surface area contributed by atoms with Gasteiger partial charge < -0.3 is 9.72 Å². The summed E-state index contributed by atoms with van der Waals surface area (Å²) in [7, 11) is 0. The summed E-state index contributed by atoms with van der Waals surface area (Å²) in [5.74, 6) is -0.314. The molecule has 0 aliphatic carbocycles. The molecule has 0 atom stereocenters. The summed E-state index contributed by atoms with van der Waals surface area (Å²) in [6.07, 6.45) is 1.76. The number of aromatic amines is 1. The smallest absolute Gasteiger partial charge is 0.321 e. The molecule has 3 aromatic heterocycles. The predicted octanol–water partition coefficient (Wildman–Crippen LogP) is 2.14. The Balaban J connectivity index is 1.80. The van der Waals surface area contributed by atoms with Crippen molar-refractivity contribution >= 4 is 17.2 Å². The van der Waals surface area contributed by atoms with E-state index in [4.69, 9.17) is 4.74 Å². The van der Waals surface area contributed by atoms with E-state index in [9.17, 15) is 9.59 Å². The largest absolute Gasteiger partial charge is 0.455 e. The van der Waals surface area contributed by atoms with Crippen LogP contribution in [0.5, 0.6) is 6.01 Å². The highest BCUT2D eigenvalue weighted by Gasteiger charge is 2.20. The maximum absolute atomic E-state index is 12.4. The second kappa shape index (κ2) is 5.68. The van der Waals surface area contributed by atoms with E-state index in [2.05, 4.69) is 15.2 Å². The Labute approximate surface area is 132 Å². The number of pyridine rings is 1. The van der Waals surface area contributed by atoms with Crippen molar-refractivity contribution in [3.63, 3.8) is 0 Å². The molecule has 3 rings (SSSR count). The lowest BCUT2D eigenvalue weighted by atomic mass is 10.1. The van der Waals surface area contributed by atoms with Gasteiger partial charge in [0.05, 0.1) is 5.69 Å². The van der Waals surface area contributed by atoms with Crippen LogP contribution in [0.15, 0.2) is 24.4 Å². The fourth-order valence-electron chi connectivity index (χ4n) is 2.68. The van der Waals surface area contributed by atoms with Gasteiger partial charge in [0.2, 0.25) is 5.78 Å². The normalized spacial score (nSPS) is 10.9. The minimum atomic E-state index is -0.245. The van der Waals surface area contributed by atoms with Gasteiger partial charge in [0, 0.05) is 17.5 Å². The highest BCUT2D eigenvalue weighted by atomic mass is 16.5. The highest BCUT2D eigenvalue weighted by molar-refractivity contribution is 6.03. The van der Waals surface area contributed by atoms with E-state index in [-0.39, 0.29) is 24.2 Å². The summed E-state index contributed by atoms with van der Waals surface area (Å²) in [6, 6.07) is 5.71. The van der Waals surface area contributed by atoms with E-state index in [1.807, 2.05) is 12.1 Å². The summed E-state index contributed by atoms with van der Waals surface area (Å²) >= 11 is 0. The van der Waals surface area contributed by atoms with Gasteiger partial charge in [-0.25, -0.2) is 0 Å². The maximum atomic E-state index is 12.4. The molecule has 7 heteroatoms. The Morgan fingerprint density at radius 3 is 2.74 bits per heavy atom. The number of nitrogens with zero attached hydrogens (tertiary/aromatic N) is 3. The fraction of sp³-hybridized carbons (Fsp3) is 0.250. The first-order chi connectivity index (χ1) is 11.0. The van der Waals surface area contributed by atoms with Crippen LogP contribution < -0.4 is 4.74 Å². The Hall–Kier alpha value is -2.96. The van der Waals surface area contributed by atoms with Crippen molar-refractivity contribution in [2.75, 3.05) is 6.61 Å². The summed E-state index contributed by atoms with van der Waals surface area (Å²) in [4.78, 5) is 27.0. The topological polar surface area (TPSA) is 89.3 Å². The minimum absolute atomic E-state index is 0.0698. The van der Waals surface area contributed by atoms with E-state index >= 15 is 0 Å². The van der Waals surface area contributed by atoms with E-state index in [0.717, 1.165) is 0 Å². The Bertz CT molecular complexity index is 907. The zero-order valence-electron chi connectivity index (χ0n) is 13.1. The Morgan fingerprint density at radius 2 is 2.04 bits per heavy atom. The number of aromatic nitrogens is 4. The molecule has 0 unspecified atom stereocenters. The van der Waals surface area contributed by atoms with Crippen molar-refractivity contribution < 1.29 is 14.3 Å². The number of ether oxygens (including phenoxy) is 1. The van der Waals surface area contributed by atoms with Gasteiger partial charge in [-0.1, -0.05) is 11.2 Å². The van der Waals surface area contributed by atoms with Gasteiger partial charge >= 0.3 is 6.01 Å². The van der Waals surface area contributed by atoms with Gasteiger partial charge in [-0.2, -0.15) is 0 Å². The van der Waals surface area contributed by atoms with Crippen LogP contribution in [0.4, 0.5) is 0 Å². The first-order valence-electron chi connectivity index (χ1n) is 7.15. The second-order valence-electron chi connectivity index (χ2n) is 5.30. The van der Waals surface area contributed by atoms with Crippen molar-refractivity contribution in [2.24, 2.45) is 0 Å². The minimum Gasteiger partial charge on any atom is -0.455 e. The summed E-state index contributed by atoms with van der Waals surface area (Å²) in [6.45, 7) is 4.82. The lowest BCUT2D eigenvalue weighted by Gasteiger charge is -2.03. The van der Waals surface area contributed by atoms with Crippen molar-refractivity contribution in [2.45, 2.75) is 20.8 Å². The third kappa shape index (κ3) is 2.61. The first-order valence-corrected chi connectivity index (χ1v) is 7.15. The molecule has 7 nitrogen and oxygen atoms in total. The van der Waals surface area contributed by atoms with E-state index in [1.165, 1.54) is 6.92 Å². The van der Waals surface area contributed by atoms with Crippen LogP contribution in [0.1, 0.15) is 39.0 Å². The van der Waals surface area contributed by atoms with Crippen LogP contribution in [0.25, 0.3) is 5.65 Å². The molecule has 3 heterocycles. The second-order valence-corrected chi connectivity index (χ2v) is 5.30. The molecule has 0 amide bonds. The number of carbonyl (C=O) groups excluding carboxylic acids is 2. The van der Waals surface area contributed by atoms with Crippen molar-refractivity contribution in [3.05, 3.63) is 46.9 Å². The Kier molecular flexibility index (Phi) is 3.69. The number of carbonyl (C=O) groups is 2. The molecule has 0 spiro atoms. The average molecular weight is 312 g/mol. The molecule has 0 saturated carbocycles. The highest BCUT2D eigenvalue weighted by Crippen LogP contribution is 2.19. The summed E-state index contributed by atoms with van der Waals surface area (Å²) in [5.41, 5.74) is 2.92. The molecule has 0 fully saturated rings. The van der Waals surface area contributed by atoms with Crippen LogP contribution in [0, 0.1) is 13.8 Å².